The summed E-state index contributed by atoms with van der Waals surface area (Å²) in [7, 11) is 0. The highest BCUT2D eigenvalue weighted by Crippen LogP contribution is 2.22. The van der Waals surface area contributed by atoms with Gasteiger partial charge >= 0.3 is 6.03 Å². The Kier molecular flexibility index (Phi) is 4.31. The normalized spacial score (nSPS) is 10.4. The van der Waals surface area contributed by atoms with Crippen LogP contribution < -0.4 is 10.6 Å². The number of aromatic nitrogens is 2. The van der Waals surface area contributed by atoms with E-state index in [4.69, 9.17) is 0 Å². The van der Waals surface area contributed by atoms with Crippen molar-refractivity contribution in [3.8, 4) is 0 Å². The molecule has 5 heteroatoms. The van der Waals surface area contributed by atoms with Crippen LogP contribution in [0.25, 0.3) is 0 Å². The average Bonchev–Trinajstić information content (AvgIpc) is 2.54. The van der Waals surface area contributed by atoms with Gasteiger partial charge in [-0.1, -0.05) is 6.08 Å². The molecule has 0 saturated carbocycles. The first-order valence-electron chi connectivity index (χ1n) is 5.68. The number of nitrogens with zero attached hydrogens (tertiary/aromatic N) is 2. The Hall–Kier alpha value is -1.78. The number of aryl methyl sites for hydroxylation is 1. The highest BCUT2D eigenvalue weighted by atomic mass is 16.2. The number of carbonyl (C=O) groups is 1. The smallest absolute Gasteiger partial charge is 0.319 e. The van der Waals surface area contributed by atoms with Gasteiger partial charge in [0, 0.05) is 12.6 Å². The summed E-state index contributed by atoms with van der Waals surface area (Å²) in [5.41, 5.74) is 2.57. The van der Waals surface area contributed by atoms with Crippen LogP contribution in [0.1, 0.15) is 31.3 Å². The van der Waals surface area contributed by atoms with E-state index in [0.29, 0.717) is 6.54 Å². The van der Waals surface area contributed by atoms with E-state index < -0.39 is 0 Å². The van der Waals surface area contributed by atoms with Crippen molar-refractivity contribution in [2.45, 2.75) is 33.7 Å². The van der Waals surface area contributed by atoms with E-state index in [1.807, 2.05) is 18.5 Å². The molecule has 0 bridgehead atoms. The number of urea groups is 1. The van der Waals surface area contributed by atoms with Crippen LogP contribution in [-0.4, -0.2) is 22.4 Å². The highest BCUT2D eigenvalue weighted by Gasteiger charge is 2.14. The van der Waals surface area contributed by atoms with Crippen molar-refractivity contribution >= 4 is 11.7 Å². The molecule has 0 aromatic carbocycles. The van der Waals surface area contributed by atoms with Crippen molar-refractivity contribution < 1.29 is 4.79 Å². The molecule has 0 aliphatic heterocycles. The van der Waals surface area contributed by atoms with Gasteiger partial charge in [-0.2, -0.15) is 5.10 Å². The molecule has 1 heterocycles. The van der Waals surface area contributed by atoms with Crippen molar-refractivity contribution in [1.82, 2.24) is 15.1 Å². The van der Waals surface area contributed by atoms with E-state index in [9.17, 15) is 4.79 Å². The topological polar surface area (TPSA) is 59.0 Å². The van der Waals surface area contributed by atoms with Crippen molar-refractivity contribution in [1.29, 1.82) is 0 Å². The molecule has 0 radical (unpaired) electrons. The van der Waals surface area contributed by atoms with Gasteiger partial charge in [0.2, 0.25) is 0 Å². The minimum absolute atomic E-state index is 0.237. The van der Waals surface area contributed by atoms with E-state index in [0.717, 1.165) is 17.1 Å². The molecule has 0 fully saturated rings. The lowest BCUT2D eigenvalue weighted by Gasteiger charge is -2.09. The van der Waals surface area contributed by atoms with E-state index in [-0.39, 0.29) is 12.1 Å². The summed E-state index contributed by atoms with van der Waals surface area (Å²) >= 11 is 0. The number of rotatable bonds is 4. The van der Waals surface area contributed by atoms with Gasteiger partial charge in [-0.3, -0.25) is 4.68 Å². The molecule has 5 nitrogen and oxygen atoms in total. The zero-order valence-corrected chi connectivity index (χ0v) is 10.9. The maximum Gasteiger partial charge on any atom is 0.319 e. The number of nitrogens with one attached hydrogen (secondary N) is 2. The first-order chi connectivity index (χ1) is 7.97. The third kappa shape index (κ3) is 3.09. The van der Waals surface area contributed by atoms with Crippen molar-refractivity contribution in [3.05, 3.63) is 24.0 Å². The molecule has 1 rings (SSSR count). The van der Waals surface area contributed by atoms with E-state index in [1.165, 1.54) is 0 Å². The molecule has 0 saturated heterocycles. The Morgan fingerprint density at radius 3 is 2.65 bits per heavy atom. The Labute approximate surface area is 102 Å². The molecular formula is C12H20N4O. The van der Waals surface area contributed by atoms with Gasteiger partial charge < -0.3 is 10.6 Å². The van der Waals surface area contributed by atoms with Gasteiger partial charge in [0.25, 0.3) is 0 Å². The molecule has 1 aromatic heterocycles. The molecule has 0 aliphatic carbocycles. The van der Waals surface area contributed by atoms with Gasteiger partial charge in [0.05, 0.1) is 17.1 Å². The van der Waals surface area contributed by atoms with Gasteiger partial charge in [-0.25, -0.2) is 4.79 Å². The minimum atomic E-state index is -0.237. The molecule has 0 unspecified atom stereocenters. The number of carbonyl (C=O) groups excluding carboxylic acids is 1. The lowest BCUT2D eigenvalue weighted by atomic mass is 10.3. The Bertz CT molecular complexity index is 420. The SMILES string of the molecule is C=CCNC(=O)Nc1c(C)nn(C(C)C)c1C. The predicted molar refractivity (Wildman–Crippen MR) is 69.3 cm³/mol. The highest BCUT2D eigenvalue weighted by molar-refractivity contribution is 5.90. The van der Waals surface area contributed by atoms with Gasteiger partial charge in [-0.05, 0) is 27.7 Å². The number of amides is 2. The second kappa shape index (κ2) is 5.52. The monoisotopic (exact) mass is 236 g/mol. The Morgan fingerprint density at radius 1 is 1.53 bits per heavy atom. The zero-order chi connectivity index (χ0) is 13.0. The first-order valence-corrected chi connectivity index (χ1v) is 5.68. The lowest BCUT2D eigenvalue weighted by Crippen LogP contribution is -2.29. The summed E-state index contributed by atoms with van der Waals surface area (Å²) in [6.45, 7) is 11.9. The van der Waals surface area contributed by atoms with Crippen molar-refractivity contribution in [2.24, 2.45) is 0 Å². The molecule has 0 atom stereocenters. The minimum Gasteiger partial charge on any atom is -0.334 e. The zero-order valence-electron chi connectivity index (χ0n) is 10.9. The standard InChI is InChI=1S/C12H20N4O/c1-6-7-13-12(17)14-11-9(4)15-16(8(2)3)10(11)5/h6,8H,1,7H2,2-5H3,(H2,13,14,17). The second-order valence-corrected chi connectivity index (χ2v) is 4.21. The number of hydrogen-bond acceptors (Lipinski definition) is 2. The molecule has 0 spiro atoms. The molecule has 2 amide bonds. The molecule has 94 valence electrons. The van der Waals surface area contributed by atoms with Crippen LogP contribution in [0.4, 0.5) is 10.5 Å². The van der Waals surface area contributed by atoms with Crippen LogP contribution in [-0.2, 0) is 0 Å². The van der Waals surface area contributed by atoms with Crippen molar-refractivity contribution in [3.63, 3.8) is 0 Å². The van der Waals surface area contributed by atoms with Gasteiger partial charge in [-0.15, -0.1) is 6.58 Å². The van der Waals surface area contributed by atoms with Gasteiger partial charge in [0.15, 0.2) is 0 Å². The summed E-state index contributed by atoms with van der Waals surface area (Å²) in [6, 6.07) is 0.0416. The quantitative estimate of drug-likeness (QED) is 0.788. The first kappa shape index (κ1) is 13.3. The molecular weight excluding hydrogens is 216 g/mol. The fraction of sp³-hybridized carbons (Fsp3) is 0.500. The largest absolute Gasteiger partial charge is 0.334 e. The van der Waals surface area contributed by atoms with Crippen LogP contribution in [0.5, 0.6) is 0 Å². The molecule has 1 aromatic rings. The Morgan fingerprint density at radius 2 is 2.18 bits per heavy atom. The Balaban J connectivity index is 2.84. The lowest BCUT2D eigenvalue weighted by molar-refractivity contribution is 0.253. The predicted octanol–water partition coefficient (Wildman–Crippen LogP) is 2.39. The van der Waals surface area contributed by atoms with Crippen LogP contribution in [0.15, 0.2) is 12.7 Å². The van der Waals surface area contributed by atoms with Crippen LogP contribution in [0.2, 0.25) is 0 Å². The van der Waals surface area contributed by atoms with Crippen molar-refractivity contribution in [2.75, 3.05) is 11.9 Å². The summed E-state index contributed by atoms with van der Waals surface area (Å²) in [6.07, 6.45) is 1.64. The third-order valence-corrected chi connectivity index (χ3v) is 2.46. The summed E-state index contributed by atoms with van der Waals surface area (Å²) in [4.78, 5) is 11.5. The maximum absolute atomic E-state index is 11.5. The number of anilines is 1. The number of hydrogen-bond donors (Lipinski definition) is 2. The molecule has 0 aliphatic rings. The van der Waals surface area contributed by atoms with E-state index >= 15 is 0 Å². The summed E-state index contributed by atoms with van der Waals surface area (Å²) in [5.74, 6) is 0. The third-order valence-electron chi connectivity index (χ3n) is 2.46. The van der Waals surface area contributed by atoms with E-state index in [1.54, 1.807) is 6.08 Å². The molecule has 17 heavy (non-hydrogen) atoms. The summed E-state index contributed by atoms with van der Waals surface area (Å²) < 4.78 is 1.90. The van der Waals surface area contributed by atoms with E-state index in [2.05, 4.69) is 36.2 Å². The fourth-order valence-electron chi connectivity index (χ4n) is 1.67. The second-order valence-electron chi connectivity index (χ2n) is 4.21. The average molecular weight is 236 g/mol. The van der Waals surface area contributed by atoms with Crippen LogP contribution in [0.3, 0.4) is 0 Å². The maximum atomic E-state index is 11.5. The fourth-order valence-corrected chi connectivity index (χ4v) is 1.67. The van der Waals surface area contributed by atoms with Crippen LogP contribution >= 0.6 is 0 Å². The van der Waals surface area contributed by atoms with Crippen LogP contribution in [0, 0.1) is 13.8 Å². The van der Waals surface area contributed by atoms with Gasteiger partial charge in [0.1, 0.15) is 0 Å². The summed E-state index contributed by atoms with van der Waals surface area (Å²) in [5, 5.41) is 9.87. The molecule has 2 N–H and O–H groups in total.